The summed E-state index contributed by atoms with van der Waals surface area (Å²) in [7, 11) is -0.778. The highest BCUT2D eigenvalue weighted by Gasteiger charge is 2.29. The zero-order chi connectivity index (χ0) is 28.7. The third-order valence-corrected chi connectivity index (χ3v) is 7.99. The fraction of sp³-hybridized carbons (Fsp3) is 0.231. The van der Waals surface area contributed by atoms with E-state index >= 15 is 0 Å². The number of halogens is 3. The number of carbonyl (C=O) groups is 1. The molecule has 0 fully saturated rings. The summed E-state index contributed by atoms with van der Waals surface area (Å²) in [5.74, 6) is 0.816. The number of benzene rings is 3. The second-order valence-electron chi connectivity index (χ2n) is 8.24. The second kappa shape index (κ2) is 13.4. The van der Waals surface area contributed by atoms with Crippen molar-refractivity contribution >= 4 is 67.0 Å². The van der Waals surface area contributed by atoms with Gasteiger partial charge < -0.3 is 14.2 Å². The fourth-order valence-electron chi connectivity index (χ4n) is 3.54. The van der Waals surface area contributed by atoms with Crippen molar-refractivity contribution in [2.75, 3.05) is 24.8 Å². The average molecular weight is 659 g/mol. The molecule has 3 rings (SSSR count). The van der Waals surface area contributed by atoms with Gasteiger partial charge in [0.05, 0.1) is 46.9 Å². The van der Waals surface area contributed by atoms with Crippen LogP contribution >= 0.6 is 39.1 Å². The van der Waals surface area contributed by atoms with E-state index < -0.39 is 22.0 Å². The minimum Gasteiger partial charge on any atom is -0.497 e. The molecule has 0 aliphatic rings. The Bertz CT molecular complexity index is 1470. The lowest BCUT2D eigenvalue weighted by Gasteiger charge is -2.27. The summed E-state index contributed by atoms with van der Waals surface area (Å²) in [6.45, 7) is 1.69. The summed E-state index contributed by atoms with van der Waals surface area (Å²) in [6.07, 6.45) is 2.43. The Kier molecular flexibility index (Phi) is 10.5. The molecule has 1 atom stereocenters. The maximum Gasteiger partial charge on any atom is 0.263 e. The first-order chi connectivity index (χ1) is 18.4. The van der Waals surface area contributed by atoms with Gasteiger partial charge in [0.25, 0.3) is 5.91 Å². The van der Waals surface area contributed by atoms with Gasteiger partial charge in [-0.05, 0) is 82.5 Å². The van der Waals surface area contributed by atoms with Gasteiger partial charge in [0.2, 0.25) is 10.0 Å². The number of anilines is 1. The van der Waals surface area contributed by atoms with Crippen molar-refractivity contribution in [3.63, 3.8) is 0 Å². The van der Waals surface area contributed by atoms with Crippen molar-refractivity contribution in [1.82, 2.24) is 5.43 Å². The molecule has 0 heterocycles. The molecule has 1 amide bonds. The highest BCUT2D eigenvalue weighted by Crippen LogP contribution is 2.37. The van der Waals surface area contributed by atoms with Crippen molar-refractivity contribution in [3.8, 4) is 17.2 Å². The van der Waals surface area contributed by atoms with Crippen LogP contribution in [0.1, 0.15) is 18.1 Å². The quantitative estimate of drug-likeness (QED) is 0.211. The number of carbonyl (C=O) groups excluding carboxylic acids is 1. The van der Waals surface area contributed by atoms with Gasteiger partial charge in [0.15, 0.2) is 11.5 Å². The lowest BCUT2D eigenvalue weighted by Crippen LogP contribution is -2.46. The van der Waals surface area contributed by atoms with Gasteiger partial charge in [-0.25, -0.2) is 13.8 Å². The summed E-state index contributed by atoms with van der Waals surface area (Å²) in [6, 6.07) is 13.9. The number of hydrogen-bond donors (Lipinski definition) is 1. The van der Waals surface area contributed by atoms with E-state index in [0.29, 0.717) is 43.0 Å². The molecule has 39 heavy (non-hydrogen) atoms. The number of nitrogens with one attached hydrogen (secondary N) is 1. The molecular weight excluding hydrogens is 633 g/mol. The number of sulfonamides is 1. The maximum atomic E-state index is 12.8. The minimum atomic E-state index is -3.78. The number of ether oxygens (including phenoxy) is 3. The summed E-state index contributed by atoms with van der Waals surface area (Å²) in [5, 5.41) is 4.87. The Balaban J connectivity index is 1.72. The van der Waals surface area contributed by atoms with Crippen molar-refractivity contribution in [2.45, 2.75) is 19.6 Å². The van der Waals surface area contributed by atoms with Crippen LogP contribution in [0, 0.1) is 0 Å². The Morgan fingerprint density at radius 3 is 2.36 bits per heavy atom. The van der Waals surface area contributed by atoms with Crippen molar-refractivity contribution < 1.29 is 27.4 Å². The van der Waals surface area contributed by atoms with Crippen LogP contribution in [-0.4, -0.2) is 47.1 Å². The van der Waals surface area contributed by atoms with E-state index in [0.717, 1.165) is 16.1 Å². The first kappa shape index (κ1) is 30.6. The largest absolute Gasteiger partial charge is 0.497 e. The number of hydrogen-bond acceptors (Lipinski definition) is 7. The molecule has 0 spiro atoms. The van der Waals surface area contributed by atoms with Crippen LogP contribution in [0.4, 0.5) is 5.69 Å². The molecule has 1 N–H and O–H groups in total. The van der Waals surface area contributed by atoms with E-state index in [-0.39, 0.29) is 6.61 Å². The molecule has 13 heteroatoms. The van der Waals surface area contributed by atoms with E-state index in [1.165, 1.54) is 27.4 Å². The Morgan fingerprint density at radius 2 is 1.77 bits per heavy atom. The summed E-state index contributed by atoms with van der Waals surface area (Å²) < 4.78 is 43.1. The predicted molar refractivity (Wildman–Crippen MR) is 157 cm³/mol. The molecule has 0 aliphatic heterocycles. The molecular formula is C26H26BrCl2N3O6S. The highest BCUT2D eigenvalue weighted by molar-refractivity contribution is 9.10. The zero-order valence-corrected chi connectivity index (χ0v) is 25.4. The summed E-state index contributed by atoms with van der Waals surface area (Å²) in [4.78, 5) is 12.8. The van der Waals surface area contributed by atoms with Gasteiger partial charge >= 0.3 is 0 Å². The molecule has 0 radical (unpaired) electrons. The van der Waals surface area contributed by atoms with Crippen LogP contribution in [0.3, 0.4) is 0 Å². The van der Waals surface area contributed by atoms with E-state index in [1.54, 1.807) is 54.6 Å². The number of methoxy groups -OCH3 is 2. The first-order valence-corrected chi connectivity index (χ1v) is 14.7. The Hall–Kier alpha value is -2.99. The van der Waals surface area contributed by atoms with Crippen LogP contribution in [0.15, 0.2) is 64.2 Å². The van der Waals surface area contributed by atoms with E-state index in [4.69, 9.17) is 37.4 Å². The van der Waals surface area contributed by atoms with Gasteiger partial charge in [-0.3, -0.25) is 9.10 Å². The van der Waals surface area contributed by atoms with E-state index in [9.17, 15) is 13.2 Å². The van der Waals surface area contributed by atoms with Crippen molar-refractivity contribution in [3.05, 3.63) is 80.2 Å². The number of nitrogens with zero attached hydrogens (tertiary/aromatic N) is 2. The van der Waals surface area contributed by atoms with Gasteiger partial charge in [0, 0.05) is 0 Å². The second-order valence-corrected chi connectivity index (χ2v) is 11.8. The standard InChI is InChI=1S/C26H26BrCl2N3O6S/c1-16(32(39(4,34)35)19-6-8-20(36-2)9-7-19)26(33)31-30-14-18-11-21(27)25(24(13-18)37-3)38-15-17-5-10-22(28)23(29)12-17/h5-14,16H,15H2,1-4H3,(H,31,33)/b30-14-/t16-/m1/s1. The fourth-order valence-corrected chi connectivity index (χ4v) is 5.61. The lowest BCUT2D eigenvalue weighted by molar-refractivity contribution is -0.121. The number of amides is 1. The molecule has 0 aliphatic carbocycles. The highest BCUT2D eigenvalue weighted by atomic mass is 79.9. The normalized spacial score (nSPS) is 12.2. The third kappa shape index (κ3) is 8.01. The Morgan fingerprint density at radius 1 is 1.08 bits per heavy atom. The molecule has 3 aromatic rings. The zero-order valence-electron chi connectivity index (χ0n) is 21.4. The number of rotatable bonds is 11. The molecule has 0 saturated carbocycles. The van der Waals surface area contributed by atoms with Gasteiger partial charge in [-0.15, -0.1) is 0 Å². The smallest absolute Gasteiger partial charge is 0.263 e. The van der Waals surface area contributed by atoms with Crippen molar-refractivity contribution in [1.29, 1.82) is 0 Å². The molecule has 0 aromatic heterocycles. The van der Waals surface area contributed by atoms with Crippen LogP contribution in [0.5, 0.6) is 17.2 Å². The van der Waals surface area contributed by atoms with E-state index in [2.05, 4.69) is 26.5 Å². The summed E-state index contributed by atoms with van der Waals surface area (Å²) in [5.41, 5.74) is 4.11. The minimum absolute atomic E-state index is 0.220. The van der Waals surface area contributed by atoms with E-state index in [1.807, 2.05) is 0 Å². The SMILES string of the molecule is COc1ccc(N([C@H](C)C(=O)N/N=C\c2cc(Br)c(OCc3ccc(Cl)c(Cl)c3)c(OC)c2)S(C)(=O)=O)cc1. The summed E-state index contributed by atoms with van der Waals surface area (Å²) >= 11 is 15.5. The molecule has 0 bridgehead atoms. The maximum absolute atomic E-state index is 12.8. The monoisotopic (exact) mass is 657 g/mol. The predicted octanol–water partition coefficient (Wildman–Crippen LogP) is 5.66. The molecule has 0 saturated heterocycles. The Labute approximate surface area is 245 Å². The molecule has 9 nitrogen and oxygen atoms in total. The van der Waals surface area contributed by atoms with Crippen LogP contribution < -0.4 is 23.9 Å². The van der Waals surface area contributed by atoms with Crippen molar-refractivity contribution in [2.24, 2.45) is 5.10 Å². The first-order valence-electron chi connectivity index (χ1n) is 11.3. The molecule has 0 unspecified atom stereocenters. The lowest BCUT2D eigenvalue weighted by atomic mass is 10.2. The third-order valence-electron chi connectivity index (χ3n) is 5.42. The van der Waals surface area contributed by atoms with Gasteiger partial charge in [-0.2, -0.15) is 5.10 Å². The van der Waals surface area contributed by atoms with Gasteiger partial charge in [-0.1, -0.05) is 29.3 Å². The molecule has 208 valence electrons. The average Bonchev–Trinajstić information content (AvgIpc) is 2.89. The number of hydrazone groups is 1. The van der Waals surface area contributed by atoms with Crippen LogP contribution in [0.25, 0.3) is 0 Å². The van der Waals surface area contributed by atoms with Crippen LogP contribution in [0.2, 0.25) is 10.0 Å². The van der Waals surface area contributed by atoms with Crippen LogP contribution in [-0.2, 0) is 21.4 Å². The van der Waals surface area contributed by atoms with Gasteiger partial charge in [0.1, 0.15) is 18.4 Å². The topological polar surface area (TPSA) is 107 Å². The molecule has 3 aromatic carbocycles.